The van der Waals surface area contributed by atoms with Gasteiger partial charge in [0, 0.05) is 10.2 Å². The van der Waals surface area contributed by atoms with E-state index in [-0.39, 0.29) is 5.91 Å². The fourth-order valence-corrected chi connectivity index (χ4v) is 2.97. The van der Waals surface area contributed by atoms with E-state index in [0.29, 0.717) is 23.6 Å². The summed E-state index contributed by atoms with van der Waals surface area (Å²) in [5, 5.41) is 12.8. The summed E-state index contributed by atoms with van der Waals surface area (Å²) in [6.45, 7) is 0. The van der Waals surface area contributed by atoms with E-state index >= 15 is 0 Å². The summed E-state index contributed by atoms with van der Waals surface area (Å²) in [6.07, 6.45) is 5.34. The molecule has 1 fully saturated rings. The van der Waals surface area contributed by atoms with Gasteiger partial charge in [0.15, 0.2) is 0 Å². The summed E-state index contributed by atoms with van der Waals surface area (Å²) in [5.41, 5.74) is -0.266. The molecule has 1 amide bonds. The molecule has 1 saturated carbocycles. The van der Waals surface area contributed by atoms with Gasteiger partial charge in [-0.1, -0.05) is 37.3 Å². The molecule has 1 aliphatic carbocycles. The number of carbonyl (C=O) groups excluding carboxylic acids is 1. The van der Waals surface area contributed by atoms with Crippen molar-refractivity contribution in [3.05, 3.63) is 27.7 Å². The monoisotopic (exact) mass is 354 g/mol. The number of hydrogen-bond acceptors (Lipinski definition) is 2. The summed E-state index contributed by atoms with van der Waals surface area (Å²) in [6, 6.07) is 7.49. The standard InChI is InChI=1S/C15H16BrClN2O/c16-12-6-5-11(9-13(12)17)19-14(20)15(10-18)7-3-1-2-4-8-15/h5-6,9H,1-4,7-8H2,(H,19,20). The summed E-state index contributed by atoms with van der Waals surface area (Å²) in [5.74, 6) is -0.208. The van der Waals surface area contributed by atoms with Crippen LogP contribution in [0.4, 0.5) is 5.69 Å². The Labute approximate surface area is 132 Å². The molecule has 0 aromatic heterocycles. The SMILES string of the molecule is N#CC1(C(=O)Nc2ccc(Br)c(Cl)c2)CCCCCC1. The molecular weight excluding hydrogens is 340 g/mol. The first kappa shape index (κ1) is 15.3. The van der Waals surface area contributed by atoms with Gasteiger partial charge in [-0.25, -0.2) is 0 Å². The van der Waals surface area contributed by atoms with Crippen molar-refractivity contribution >= 4 is 39.1 Å². The van der Waals surface area contributed by atoms with Crippen LogP contribution in [0.3, 0.4) is 0 Å². The third-order valence-electron chi connectivity index (χ3n) is 3.78. The van der Waals surface area contributed by atoms with Crippen LogP contribution in [0.2, 0.25) is 5.02 Å². The fraction of sp³-hybridized carbons (Fsp3) is 0.467. The Balaban J connectivity index is 2.16. The maximum absolute atomic E-state index is 12.5. The second-order valence-corrected chi connectivity index (χ2v) is 6.45. The van der Waals surface area contributed by atoms with Crippen LogP contribution < -0.4 is 5.32 Å². The number of nitriles is 1. The number of rotatable bonds is 2. The van der Waals surface area contributed by atoms with Gasteiger partial charge in [-0.2, -0.15) is 5.26 Å². The highest BCUT2D eigenvalue weighted by Gasteiger charge is 2.38. The first-order chi connectivity index (χ1) is 9.57. The smallest absolute Gasteiger partial charge is 0.244 e. The second-order valence-electron chi connectivity index (χ2n) is 5.19. The van der Waals surface area contributed by atoms with Crippen LogP contribution in [0.5, 0.6) is 0 Å². The molecule has 106 valence electrons. The number of nitrogens with one attached hydrogen (secondary N) is 1. The highest BCUT2D eigenvalue weighted by Crippen LogP contribution is 2.36. The van der Waals surface area contributed by atoms with Gasteiger partial charge in [-0.05, 0) is 47.0 Å². The number of anilines is 1. The van der Waals surface area contributed by atoms with Crippen molar-refractivity contribution in [2.24, 2.45) is 5.41 Å². The number of carbonyl (C=O) groups is 1. The van der Waals surface area contributed by atoms with Crippen LogP contribution in [0.15, 0.2) is 22.7 Å². The van der Waals surface area contributed by atoms with Crippen molar-refractivity contribution in [3.8, 4) is 6.07 Å². The minimum atomic E-state index is -0.893. The van der Waals surface area contributed by atoms with E-state index in [1.165, 1.54) is 0 Å². The van der Waals surface area contributed by atoms with Gasteiger partial charge in [0.2, 0.25) is 5.91 Å². The van der Waals surface area contributed by atoms with Crippen LogP contribution in [-0.4, -0.2) is 5.91 Å². The van der Waals surface area contributed by atoms with Crippen molar-refractivity contribution in [1.29, 1.82) is 5.26 Å². The van der Waals surface area contributed by atoms with Crippen molar-refractivity contribution < 1.29 is 4.79 Å². The van der Waals surface area contributed by atoms with E-state index in [1.54, 1.807) is 18.2 Å². The fourth-order valence-electron chi connectivity index (χ4n) is 2.55. The zero-order valence-electron chi connectivity index (χ0n) is 11.1. The summed E-state index contributed by atoms with van der Waals surface area (Å²) in [7, 11) is 0. The lowest BCUT2D eigenvalue weighted by Gasteiger charge is -2.23. The van der Waals surface area contributed by atoms with E-state index in [9.17, 15) is 10.1 Å². The lowest BCUT2D eigenvalue weighted by Crippen LogP contribution is -2.34. The molecule has 3 nitrogen and oxygen atoms in total. The van der Waals surface area contributed by atoms with Crippen molar-refractivity contribution in [1.82, 2.24) is 0 Å². The third kappa shape index (κ3) is 3.34. The number of hydrogen-bond donors (Lipinski definition) is 1. The number of amides is 1. The van der Waals surface area contributed by atoms with Gasteiger partial charge in [-0.3, -0.25) is 4.79 Å². The Bertz CT molecular complexity index is 545. The van der Waals surface area contributed by atoms with E-state index in [2.05, 4.69) is 27.3 Å². The second kappa shape index (κ2) is 6.60. The minimum absolute atomic E-state index is 0.208. The first-order valence-corrected chi connectivity index (χ1v) is 7.92. The molecule has 1 N–H and O–H groups in total. The van der Waals surface area contributed by atoms with E-state index in [0.717, 1.165) is 30.2 Å². The summed E-state index contributed by atoms with van der Waals surface area (Å²) >= 11 is 9.32. The van der Waals surface area contributed by atoms with Crippen LogP contribution in [-0.2, 0) is 4.79 Å². The van der Waals surface area contributed by atoms with Crippen LogP contribution >= 0.6 is 27.5 Å². The van der Waals surface area contributed by atoms with Crippen molar-refractivity contribution in [2.45, 2.75) is 38.5 Å². The lowest BCUT2D eigenvalue weighted by molar-refractivity contribution is -0.123. The maximum atomic E-state index is 12.5. The Morgan fingerprint density at radius 3 is 2.50 bits per heavy atom. The van der Waals surface area contributed by atoms with Crippen LogP contribution in [0, 0.1) is 16.7 Å². The minimum Gasteiger partial charge on any atom is -0.325 e. The zero-order chi connectivity index (χ0) is 14.6. The molecule has 1 aromatic rings. The summed E-state index contributed by atoms with van der Waals surface area (Å²) < 4.78 is 0.779. The number of nitrogens with zero attached hydrogens (tertiary/aromatic N) is 1. The molecular formula is C15H16BrClN2O. The highest BCUT2D eigenvalue weighted by molar-refractivity contribution is 9.10. The van der Waals surface area contributed by atoms with Crippen LogP contribution in [0.25, 0.3) is 0 Å². The molecule has 0 heterocycles. The van der Waals surface area contributed by atoms with Gasteiger partial charge in [0.25, 0.3) is 0 Å². The molecule has 0 aliphatic heterocycles. The van der Waals surface area contributed by atoms with Gasteiger partial charge in [0.1, 0.15) is 5.41 Å². The molecule has 20 heavy (non-hydrogen) atoms. The van der Waals surface area contributed by atoms with Crippen LogP contribution in [0.1, 0.15) is 38.5 Å². The number of benzene rings is 1. The van der Waals surface area contributed by atoms with Gasteiger partial charge in [0.05, 0.1) is 11.1 Å². The van der Waals surface area contributed by atoms with E-state index < -0.39 is 5.41 Å². The molecule has 0 unspecified atom stereocenters. The molecule has 1 aliphatic rings. The normalized spacial score (nSPS) is 17.9. The van der Waals surface area contributed by atoms with Gasteiger partial charge in [-0.15, -0.1) is 0 Å². The van der Waals surface area contributed by atoms with E-state index in [1.807, 2.05) is 0 Å². The molecule has 0 spiro atoms. The third-order valence-corrected chi connectivity index (χ3v) is 5.02. The molecule has 0 radical (unpaired) electrons. The maximum Gasteiger partial charge on any atom is 0.244 e. The van der Waals surface area contributed by atoms with Crippen molar-refractivity contribution in [3.63, 3.8) is 0 Å². The van der Waals surface area contributed by atoms with E-state index in [4.69, 9.17) is 11.6 Å². The van der Waals surface area contributed by atoms with Gasteiger partial charge < -0.3 is 5.32 Å². The first-order valence-electron chi connectivity index (χ1n) is 6.75. The average molecular weight is 356 g/mol. The quantitative estimate of drug-likeness (QED) is 0.767. The average Bonchev–Trinajstić information content (AvgIpc) is 2.69. The summed E-state index contributed by atoms with van der Waals surface area (Å²) in [4.78, 5) is 12.5. The predicted molar refractivity (Wildman–Crippen MR) is 83.5 cm³/mol. The Morgan fingerprint density at radius 1 is 1.30 bits per heavy atom. The van der Waals surface area contributed by atoms with Crippen molar-refractivity contribution in [2.75, 3.05) is 5.32 Å². The Morgan fingerprint density at radius 2 is 1.95 bits per heavy atom. The highest BCUT2D eigenvalue weighted by atomic mass is 79.9. The molecule has 5 heteroatoms. The topological polar surface area (TPSA) is 52.9 Å². The predicted octanol–water partition coefficient (Wildman–Crippen LogP) is 4.91. The molecule has 2 rings (SSSR count). The Hall–Kier alpha value is -1.05. The number of halogens is 2. The lowest BCUT2D eigenvalue weighted by atomic mass is 9.81. The van der Waals surface area contributed by atoms with Gasteiger partial charge >= 0.3 is 0 Å². The molecule has 0 atom stereocenters. The Kier molecular flexibility index (Phi) is 5.06. The molecule has 0 saturated heterocycles. The largest absolute Gasteiger partial charge is 0.325 e. The zero-order valence-corrected chi connectivity index (χ0v) is 13.4. The molecule has 1 aromatic carbocycles. The molecule has 0 bridgehead atoms.